The molecular formula is C18H19N3O3S2. The Labute approximate surface area is 161 Å². The minimum Gasteiger partial charge on any atom is -0.465 e. The molecule has 0 radical (unpaired) electrons. The minimum atomic E-state index is -0.448. The van der Waals surface area contributed by atoms with Crippen LogP contribution in [0.15, 0.2) is 24.3 Å². The molecule has 26 heavy (non-hydrogen) atoms. The highest BCUT2D eigenvalue weighted by Gasteiger charge is 2.20. The van der Waals surface area contributed by atoms with E-state index < -0.39 is 5.97 Å². The minimum absolute atomic E-state index is 0.200. The Morgan fingerprint density at radius 2 is 1.96 bits per heavy atom. The lowest BCUT2D eigenvalue weighted by Crippen LogP contribution is -2.34. The largest absolute Gasteiger partial charge is 0.465 e. The van der Waals surface area contributed by atoms with E-state index in [0.717, 1.165) is 25.0 Å². The first kappa shape index (κ1) is 18.5. The number of nitrogens with one attached hydrogen (secondary N) is 2. The molecule has 1 amide bonds. The van der Waals surface area contributed by atoms with Crippen LogP contribution >= 0.6 is 23.6 Å². The number of ether oxygens (including phenoxy) is 1. The molecule has 0 spiro atoms. The first-order valence-corrected chi connectivity index (χ1v) is 9.48. The SMILES string of the molecule is COC(=O)c1ccc(C(=O)NC(=S)Nc2nc3c(s2)C[C@H](C)CC3)cc1. The summed E-state index contributed by atoms with van der Waals surface area (Å²) >= 11 is 6.80. The lowest BCUT2D eigenvalue weighted by atomic mass is 9.93. The van der Waals surface area contributed by atoms with Crippen LogP contribution < -0.4 is 10.6 Å². The number of fused-ring (bicyclic) bond motifs is 1. The molecule has 1 aromatic heterocycles. The molecule has 3 rings (SSSR count). The van der Waals surface area contributed by atoms with Crippen molar-refractivity contribution in [3.05, 3.63) is 46.0 Å². The van der Waals surface area contributed by atoms with E-state index in [-0.39, 0.29) is 11.0 Å². The van der Waals surface area contributed by atoms with Crippen molar-refractivity contribution in [2.75, 3.05) is 12.4 Å². The quantitative estimate of drug-likeness (QED) is 0.620. The molecule has 1 aromatic carbocycles. The third-order valence-electron chi connectivity index (χ3n) is 4.20. The molecule has 0 saturated carbocycles. The van der Waals surface area contributed by atoms with Gasteiger partial charge in [-0.1, -0.05) is 6.92 Å². The zero-order chi connectivity index (χ0) is 18.7. The van der Waals surface area contributed by atoms with Crippen molar-refractivity contribution in [2.24, 2.45) is 5.92 Å². The molecule has 0 unspecified atom stereocenters. The van der Waals surface area contributed by atoms with Crippen molar-refractivity contribution in [3.63, 3.8) is 0 Å². The van der Waals surface area contributed by atoms with Crippen molar-refractivity contribution >= 4 is 45.7 Å². The second-order valence-electron chi connectivity index (χ2n) is 6.21. The standard InChI is InChI=1S/C18H19N3O3S2/c1-10-3-8-13-14(9-10)26-18(19-13)21-17(25)20-15(22)11-4-6-12(7-5-11)16(23)24-2/h4-7,10H,3,8-9H2,1-2H3,(H2,19,20,21,22,25)/t10-/m1/s1. The molecule has 1 aliphatic rings. The van der Waals surface area contributed by atoms with Gasteiger partial charge in [0.2, 0.25) is 0 Å². The van der Waals surface area contributed by atoms with Crippen LogP contribution in [0, 0.1) is 5.92 Å². The highest BCUT2D eigenvalue weighted by molar-refractivity contribution is 7.80. The third kappa shape index (κ3) is 4.25. The van der Waals surface area contributed by atoms with E-state index in [0.29, 0.717) is 22.2 Å². The number of aryl methyl sites for hydroxylation is 1. The van der Waals surface area contributed by atoms with Gasteiger partial charge < -0.3 is 10.1 Å². The van der Waals surface area contributed by atoms with Crippen LogP contribution in [0.4, 0.5) is 5.13 Å². The Kier molecular flexibility index (Phi) is 5.63. The molecule has 1 heterocycles. The van der Waals surface area contributed by atoms with E-state index in [9.17, 15) is 9.59 Å². The zero-order valence-corrected chi connectivity index (χ0v) is 16.1. The van der Waals surface area contributed by atoms with Gasteiger partial charge in [0, 0.05) is 10.4 Å². The molecular weight excluding hydrogens is 370 g/mol. The van der Waals surface area contributed by atoms with Crippen molar-refractivity contribution < 1.29 is 14.3 Å². The normalized spacial score (nSPS) is 15.7. The first-order chi connectivity index (χ1) is 12.5. The fourth-order valence-corrected chi connectivity index (χ4v) is 4.20. The van der Waals surface area contributed by atoms with Crippen LogP contribution in [0.5, 0.6) is 0 Å². The molecule has 136 valence electrons. The summed E-state index contributed by atoms with van der Waals surface area (Å²) in [7, 11) is 1.31. The Hall–Kier alpha value is -2.32. The number of hydrogen-bond acceptors (Lipinski definition) is 6. The smallest absolute Gasteiger partial charge is 0.337 e. The summed E-state index contributed by atoms with van der Waals surface area (Å²) in [5, 5.41) is 6.52. The molecule has 0 saturated heterocycles. The number of methoxy groups -OCH3 is 1. The number of thiazole rings is 1. The molecule has 0 fully saturated rings. The number of hydrogen-bond donors (Lipinski definition) is 2. The third-order valence-corrected chi connectivity index (χ3v) is 5.44. The van der Waals surface area contributed by atoms with E-state index >= 15 is 0 Å². The summed E-state index contributed by atoms with van der Waals surface area (Å²) in [6.45, 7) is 2.24. The van der Waals surface area contributed by atoms with Crippen LogP contribution in [0.2, 0.25) is 0 Å². The summed E-state index contributed by atoms with van der Waals surface area (Å²) in [6.07, 6.45) is 3.18. The lowest BCUT2D eigenvalue weighted by molar-refractivity contribution is 0.0600. The molecule has 8 heteroatoms. The second-order valence-corrected chi connectivity index (χ2v) is 7.71. The van der Waals surface area contributed by atoms with Crippen LogP contribution in [0.25, 0.3) is 0 Å². The summed E-state index contributed by atoms with van der Waals surface area (Å²) in [6, 6.07) is 6.17. The second kappa shape index (κ2) is 7.92. The summed E-state index contributed by atoms with van der Waals surface area (Å²) in [5.74, 6) is -0.125. The Balaban J connectivity index is 1.59. The van der Waals surface area contributed by atoms with Crippen LogP contribution in [0.3, 0.4) is 0 Å². The fourth-order valence-electron chi connectivity index (χ4n) is 2.77. The van der Waals surface area contributed by atoms with E-state index in [1.165, 1.54) is 24.1 Å². The number of aromatic nitrogens is 1. The average Bonchev–Trinajstić information content (AvgIpc) is 3.02. The number of thiocarbonyl (C=S) groups is 1. The molecule has 0 aliphatic heterocycles. The van der Waals surface area contributed by atoms with E-state index in [4.69, 9.17) is 12.2 Å². The van der Waals surface area contributed by atoms with Gasteiger partial charge in [-0.05, 0) is 61.7 Å². The van der Waals surface area contributed by atoms with Gasteiger partial charge in [0.25, 0.3) is 5.91 Å². The lowest BCUT2D eigenvalue weighted by Gasteiger charge is -2.15. The predicted molar refractivity (Wildman–Crippen MR) is 105 cm³/mol. The van der Waals surface area contributed by atoms with Gasteiger partial charge in [0.15, 0.2) is 10.2 Å². The van der Waals surface area contributed by atoms with Gasteiger partial charge in [0.05, 0.1) is 18.4 Å². The number of carbonyl (C=O) groups excluding carboxylic acids is 2. The predicted octanol–water partition coefficient (Wildman–Crippen LogP) is 3.18. The molecule has 1 atom stereocenters. The van der Waals surface area contributed by atoms with Crippen molar-refractivity contribution in [1.82, 2.24) is 10.3 Å². The van der Waals surface area contributed by atoms with Crippen LogP contribution in [0.1, 0.15) is 44.6 Å². The van der Waals surface area contributed by atoms with Gasteiger partial charge >= 0.3 is 5.97 Å². The number of carbonyl (C=O) groups is 2. The number of rotatable bonds is 3. The van der Waals surface area contributed by atoms with Crippen LogP contribution in [-0.2, 0) is 17.6 Å². The van der Waals surface area contributed by atoms with Crippen LogP contribution in [-0.4, -0.2) is 29.1 Å². The van der Waals surface area contributed by atoms with Crippen molar-refractivity contribution in [2.45, 2.75) is 26.2 Å². The molecule has 2 N–H and O–H groups in total. The Bertz CT molecular complexity index is 846. The van der Waals surface area contributed by atoms with Crippen molar-refractivity contribution in [3.8, 4) is 0 Å². The monoisotopic (exact) mass is 389 g/mol. The van der Waals surface area contributed by atoms with Gasteiger partial charge in [-0.2, -0.15) is 0 Å². The molecule has 6 nitrogen and oxygen atoms in total. The maximum atomic E-state index is 12.3. The summed E-state index contributed by atoms with van der Waals surface area (Å²) < 4.78 is 4.63. The molecule has 1 aliphatic carbocycles. The maximum Gasteiger partial charge on any atom is 0.337 e. The number of amides is 1. The summed E-state index contributed by atoms with van der Waals surface area (Å²) in [5.41, 5.74) is 1.91. The number of anilines is 1. The highest BCUT2D eigenvalue weighted by Crippen LogP contribution is 2.32. The van der Waals surface area contributed by atoms with Gasteiger partial charge in [-0.3, -0.25) is 10.1 Å². The Morgan fingerprint density at radius 1 is 1.27 bits per heavy atom. The van der Waals surface area contributed by atoms with E-state index in [1.807, 2.05) is 0 Å². The fraction of sp³-hybridized carbons (Fsp3) is 0.333. The Morgan fingerprint density at radius 3 is 2.65 bits per heavy atom. The molecule has 2 aromatic rings. The first-order valence-electron chi connectivity index (χ1n) is 8.25. The van der Waals surface area contributed by atoms with E-state index in [2.05, 4.69) is 27.3 Å². The van der Waals surface area contributed by atoms with Gasteiger partial charge in [-0.25, -0.2) is 9.78 Å². The topological polar surface area (TPSA) is 80.3 Å². The maximum absolute atomic E-state index is 12.3. The van der Waals surface area contributed by atoms with Gasteiger partial charge in [-0.15, -0.1) is 11.3 Å². The average molecular weight is 390 g/mol. The van der Waals surface area contributed by atoms with E-state index in [1.54, 1.807) is 23.5 Å². The van der Waals surface area contributed by atoms with Crippen molar-refractivity contribution in [1.29, 1.82) is 0 Å². The number of nitrogens with zero attached hydrogens (tertiary/aromatic N) is 1. The molecule has 0 bridgehead atoms. The number of esters is 1. The zero-order valence-electron chi connectivity index (χ0n) is 14.5. The highest BCUT2D eigenvalue weighted by atomic mass is 32.1. The van der Waals surface area contributed by atoms with Gasteiger partial charge in [0.1, 0.15) is 0 Å². The number of benzene rings is 1. The summed E-state index contributed by atoms with van der Waals surface area (Å²) in [4.78, 5) is 29.5.